The Morgan fingerprint density at radius 2 is 1.85 bits per heavy atom. The SMILES string of the molecule is OC1CCC2CN(C3CCOC4(CCOCC4)C3)CC12. The van der Waals surface area contributed by atoms with Crippen LogP contribution in [-0.4, -0.2) is 60.7 Å². The van der Waals surface area contributed by atoms with Gasteiger partial charge in [-0.05, 0) is 44.4 Å². The molecule has 0 aromatic heterocycles. The minimum absolute atomic E-state index is 0.0399. The molecule has 0 bridgehead atoms. The van der Waals surface area contributed by atoms with Crippen LogP contribution in [0.2, 0.25) is 0 Å². The molecule has 0 radical (unpaired) electrons. The van der Waals surface area contributed by atoms with Crippen molar-refractivity contribution in [1.82, 2.24) is 4.90 Å². The third-order valence-electron chi connectivity index (χ3n) is 6.23. The Balaban J connectivity index is 1.41. The highest BCUT2D eigenvalue weighted by molar-refractivity contribution is 4.99. The summed E-state index contributed by atoms with van der Waals surface area (Å²) in [5, 5.41) is 10.1. The number of fused-ring (bicyclic) bond motifs is 1. The Labute approximate surface area is 121 Å². The topological polar surface area (TPSA) is 41.9 Å². The van der Waals surface area contributed by atoms with Crippen molar-refractivity contribution in [2.45, 2.75) is 56.3 Å². The van der Waals surface area contributed by atoms with Crippen molar-refractivity contribution in [1.29, 1.82) is 0 Å². The van der Waals surface area contributed by atoms with Gasteiger partial charge >= 0.3 is 0 Å². The summed E-state index contributed by atoms with van der Waals surface area (Å²) in [6.45, 7) is 4.94. The van der Waals surface area contributed by atoms with Crippen molar-refractivity contribution < 1.29 is 14.6 Å². The lowest BCUT2D eigenvalue weighted by molar-refractivity contribution is -0.150. The van der Waals surface area contributed by atoms with Crippen molar-refractivity contribution in [3.8, 4) is 0 Å². The molecule has 1 N–H and O–H groups in total. The quantitative estimate of drug-likeness (QED) is 0.789. The van der Waals surface area contributed by atoms with E-state index in [0.717, 1.165) is 58.0 Å². The number of hydrogen-bond donors (Lipinski definition) is 1. The number of rotatable bonds is 1. The third-order valence-corrected chi connectivity index (χ3v) is 6.23. The van der Waals surface area contributed by atoms with Gasteiger partial charge in [-0.1, -0.05) is 0 Å². The first-order valence-corrected chi connectivity index (χ1v) is 8.40. The van der Waals surface area contributed by atoms with E-state index in [1.54, 1.807) is 0 Å². The molecule has 3 heterocycles. The Hall–Kier alpha value is -0.160. The van der Waals surface area contributed by atoms with E-state index >= 15 is 0 Å². The van der Waals surface area contributed by atoms with Gasteiger partial charge in [0.2, 0.25) is 0 Å². The van der Waals surface area contributed by atoms with Crippen LogP contribution in [0, 0.1) is 11.8 Å². The zero-order valence-corrected chi connectivity index (χ0v) is 12.3. The molecule has 0 amide bonds. The first kappa shape index (κ1) is 13.5. The second kappa shape index (κ2) is 5.24. The van der Waals surface area contributed by atoms with E-state index in [1.165, 1.54) is 19.4 Å². The van der Waals surface area contributed by atoms with Gasteiger partial charge in [-0.25, -0.2) is 0 Å². The molecule has 1 spiro atoms. The second-order valence-corrected chi connectivity index (χ2v) is 7.31. The molecule has 1 aliphatic carbocycles. The normalized spacial score (nSPS) is 44.9. The van der Waals surface area contributed by atoms with Crippen LogP contribution in [0.5, 0.6) is 0 Å². The van der Waals surface area contributed by atoms with Crippen molar-refractivity contribution in [2.75, 3.05) is 32.9 Å². The highest BCUT2D eigenvalue weighted by Gasteiger charge is 2.47. The summed E-state index contributed by atoms with van der Waals surface area (Å²) in [7, 11) is 0. The van der Waals surface area contributed by atoms with Crippen LogP contribution in [0.15, 0.2) is 0 Å². The monoisotopic (exact) mass is 281 g/mol. The number of ether oxygens (including phenoxy) is 2. The molecule has 0 aromatic carbocycles. The average Bonchev–Trinajstić information content (AvgIpc) is 3.03. The minimum Gasteiger partial charge on any atom is -0.393 e. The first-order chi connectivity index (χ1) is 9.76. The molecule has 3 saturated heterocycles. The molecule has 4 rings (SSSR count). The maximum absolute atomic E-state index is 10.1. The molecule has 4 fully saturated rings. The predicted octanol–water partition coefficient (Wildman–Crippen LogP) is 1.42. The summed E-state index contributed by atoms with van der Waals surface area (Å²) < 4.78 is 11.7. The summed E-state index contributed by atoms with van der Waals surface area (Å²) in [5.74, 6) is 1.29. The number of nitrogens with zero attached hydrogens (tertiary/aromatic N) is 1. The first-order valence-electron chi connectivity index (χ1n) is 8.40. The Bertz CT molecular complexity index is 350. The lowest BCUT2D eigenvalue weighted by Gasteiger charge is -2.45. The highest BCUT2D eigenvalue weighted by atomic mass is 16.5. The smallest absolute Gasteiger partial charge is 0.0741 e. The average molecular weight is 281 g/mol. The van der Waals surface area contributed by atoms with Crippen molar-refractivity contribution >= 4 is 0 Å². The van der Waals surface area contributed by atoms with Crippen LogP contribution < -0.4 is 0 Å². The van der Waals surface area contributed by atoms with Gasteiger partial charge in [-0.3, -0.25) is 4.90 Å². The minimum atomic E-state index is -0.0399. The van der Waals surface area contributed by atoms with Gasteiger partial charge in [-0.2, -0.15) is 0 Å². The number of hydrogen-bond acceptors (Lipinski definition) is 4. The number of aliphatic hydroxyl groups is 1. The van der Waals surface area contributed by atoms with E-state index in [0.29, 0.717) is 12.0 Å². The van der Waals surface area contributed by atoms with Crippen LogP contribution in [0.4, 0.5) is 0 Å². The standard InChI is InChI=1S/C16H27NO3/c18-15-2-1-12-10-17(11-14(12)15)13-3-6-20-16(9-13)4-7-19-8-5-16/h12-15,18H,1-11H2. The van der Waals surface area contributed by atoms with Gasteiger partial charge in [0.1, 0.15) is 0 Å². The fourth-order valence-corrected chi connectivity index (χ4v) is 4.97. The molecule has 4 heteroatoms. The summed E-state index contributed by atoms with van der Waals surface area (Å²) in [6, 6.07) is 0.666. The van der Waals surface area contributed by atoms with Gasteiger partial charge in [0.05, 0.1) is 11.7 Å². The Kier molecular flexibility index (Phi) is 3.53. The van der Waals surface area contributed by atoms with Gasteiger partial charge in [0, 0.05) is 44.9 Å². The van der Waals surface area contributed by atoms with E-state index in [1.807, 2.05) is 0 Å². The molecule has 4 unspecified atom stereocenters. The van der Waals surface area contributed by atoms with E-state index in [-0.39, 0.29) is 11.7 Å². The van der Waals surface area contributed by atoms with Gasteiger partial charge in [0.15, 0.2) is 0 Å². The van der Waals surface area contributed by atoms with Crippen molar-refractivity contribution in [2.24, 2.45) is 11.8 Å². The Morgan fingerprint density at radius 1 is 1.00 bits per heavy atom. The lowest BCUT2D eigenvalue weighted by atomic mass is 9.83. The maximum atomic E-state index is 10.1. The fourth-order valence-electron chi connectivity index (χ4n) is 4.97. The van der Waals surface area contributed by atoms with Crippen LogP contribution in [-0.2, 0) is 9.47 Å². The van der Waals surface area contributed by atoms with E-state index in [2.05, 4.69) is 4.90 Å². The highest BCUT2D eigenvalue weighted by Crippen LogP contribution is 2.42. The molecule has 4 aliphatic rings. The molecular formula is C16H27NO3. The largest absolute Gasteiger partial charge is 0.393 e. The molecular weight excluding hydrogens is 254 g/mol. The third kappa shape index (κ3) is 2.31. The summed E-state index contributed by atoms with van der Waals surface area (Å²) in [6.07, 6.45) is 6.67. The Morgan fingerprint density at radius 3 is 2.65 bits per heavy atom. The van der Waals surface area contributed by atoms with E-state index in [4.69, 9.17) is 9.47 Å². The molecule has 0 aromatic rings. The number of aliphatic hydroxyl groups excluding tert-OH is 1. The van der Waals surface area contributed by atoms with Gasteiger partial charge in [0.25, 0.3) is 0 Å². The summed E-state index contributed by atoms with van der Waals surface area (Å²) in [4.78, 5) is 2.66. The zero-order chi connectivity index (χ0) is 13.6. The molecule has 4 atom stereocenters. The molecule has 20 heavy (non-hydrogen) atoms. The summed E-state index contributed by atoms with van der Waals surface area (Å²) >= 11 is 0. The number of likely N-dealkylation sites (tertiary alicyclic amines) is 1. The molecule has 4 nitrogen and oxygen atoms in total. The van der Waals surface area contributed by atoms with Crippen LogP contribution in [0.25, 0.3) is 0 Å². The van der Waals surface area contributed by atoms with Crippen molar-refractivity contribution in [3.63, 3.8) is 0 Å². The molecule has 3 aliphatic heterocycles. The summed E-state index contributed by atoms with van der Waals surface area (Å²) in [5.41, 5.74) is 0.0947. The van der Waals surface area contributed by atoms with E-state index in [9.17, 15) is 5.11 Å². The fraction of sp³-hybridized carbons (Fsp3) is 1.00. The van der Waals surface area contributed by atoms with Gasteiger partial charge in [-0.15, -0.1) is 0 Å². The van der Waals surface area contributed by atoms with Crippen LogP contribution in [0.1, 0.15) is 38.5 Å². The second-order valence-electron chi connectivity index (χ2n) is 7.31. The van der Waals surface area contributed by atoms with Crippen LogP contribution in [0.3, 0.4) is 0 Å². The maximum Gasteiger partial charge on any atom is 0.0741 e. The van der Waals surface area contributed by atoms with E-state index < -0.39 is 0 Å². The van der Waals surface area contributed by atoms with Gasteiger partial charge < -0.3 is 14.6 Å². The predicted molar refractivity (Wildman–Crippen MR) is 75.6 cm³/mol. The van der Waals surface area contributed by atoms with Crippen molar-refractivity contribution in [3.05, 3.63) is 0 Å². The zero-order valence-electron chi connectivity index (χ0n) is 12.3. The molecule has 114 valence electrons. The van der Waals surface area contributed by atoms with Crippen LogP contribution >= 0.6 is 0 Å². The lowest BCUT2D eigenvalue weighted by Crippen LogP contribution is -2.50. The molecule has 1 saturated carbocycles.